The van der Waals surface area contributed by atoms with Crippen LogP contribution in [-0.4, -0.2) is 42.4 Å². The summed E-state index contributed by atoms with van der Waals surface area (Å²) in [6.07, 6.45) is 3.59. The molecule has 0 saturated carbocycles. The maximum Gasteiger partial charge on any atom is 0.191 e. The minimum Gasteiger partial charge on any atom is -0.354 e. The van der Waals surface area contributed by atoms with E-state index in [9.17, 15) is 0 Å². The van der Waals surface area contributed by atoms with E-state index in [1.165, 1.54) is 0 Å². The molecular weight excluding hydrogens is 230 g/mol. The number of hydrazone groups is 1. The van der Waals surface area contributed by atoms with Crippen molar-refractivity contribution in [1.82, 2.24) is 9.91 Å². The van der Waals surface area contributed by atoms with Crippen LogP contribution in [0.15, 0.2) is 35.9 Å². The van der Waals surface area contributed by atoms with Crippen LogP contribution in [0.3, 0.4) is 0 Å². The number of thiocarbonyl (C=S) groups is 1. The Kier molecular flexibility index (Phi) is 4.84. The molecule has 0 fully saturated rings. The van der Waals surface area contributed by atoms with Crippen molar-refractivity contribution < 1.29 is 0 Å². The molecule has 0 amide bonds. The molecular formula is C13H17N3S. The van der Waals surface area contributed by atoms with Crippen LogP contribution in [0.2, 0.25) is 0 Å². The van der Waals surface area contributed by atoms with Gasteiger partial charge in [-0.15, -0.1) is 0 Å². The summed E-state index contributed by atoms with van der Waals surface area (Å²) in [7, 11) is 5.62. The number of rotatable bonds is 3. The summed E-state index contributed by atoms with van der Waals surface area (Å²) in [5.74, 6) is 0. The van der Waals surface area contributed by atoms with Crippen molar-refractivity contribution in [2.24, 2.45) is 5.10 Å². The molecule has 4 heteroatoms. The third kappa shape index (κ3) is 4.00. The van der Waals surface area contributed by atoms with Crippen LogP contribution < -0.4 is 0 Å². The van der Waals surface area contributed by atoms with E-state index in [1.54, 1.807) is 11.2 Å². The third-order valence-corrected chi connectivity index (χ3v) is 2.84. The summed E-state index contributed by atoms with van der Waals surface area (Å²) < 4.78 is 0. The predicted octanol–water partition coefficient (Wildman–Crippen LogP) is 2.44. The molecule has 0 radical (unpaired) electrons. The molecule has 90 valence electrons. The van der Waals surface area contributed by atoms with Crippen LogP contribution in [0.4, 0.5) is 0 Å². The van der Waals surface area contributed by atoms with E-state index < -0.39 is 0 Å². The largest absolute Gasteiger partial charge is 0.354 e. The van der Waals surface area contributed by atoms with Crippen molar-refractivity contribution >= 4 is 29.6 Å². The van der Waals surface area contributed by atoms with Crippen molar-refractivity contribution in [3.63, 3.8) is 0 Å². The Labute approximate surface area is 108 Å². The van der Waals surface area contributed by atoms with E-state index in [1.807, 2.05) is 56.4 Å². The van der Waals surface area contributed by atoms with Gasteiger partial charge in [-0.25, -0.2) is 5.01 Å². The second-order valence-corrected chi connectivity index (χ2v) is 4.18. The molecule has 1 aromatic carbocycles. The molecule has 0 atom stereocenters. The summed E-state index contributed by atoms with van der Waals surface area (Å²) in [5.41, 5.74) is 2.13. The van der Waals surface area contributed by atoms with Crippen molar-refractivity contribution in [2.45, 2.75) is 0 Å². The maximum atomic E-state index is 5.18. The highest BCUT2D eigenvalue weighted by Crippen LogP contribution is 2.03. The molecule has 0 aliphatic heterocycles. The molecule has 0 saturated heterocycles. The molecule has 0 aliphatic carbocycles. The summed E-state index contributed by atoms with van der Waals surface area (Å²) in [6, 6.07) is 7.98. The molecule has 0 aromatic heterocycles. The van der Waals surface area contributed by atoms with Crippen LogP contribution in [0.25, 0.3) is 6.08 Å². The highest BCUT2D eigenvalue weighted by Gasteiger charge is 2.02. The van der Waals surface area contributed by atoms with Gasteiger partial charge in [0.25, 0.3) is 0 Å². The maximum absolute atomic E-state index is 5.18. The molecule has 0 N–H and O–H groups in total. The molecule has 0 heterocycles. The molecule has 0 spiro atoms. The topological polar surface area (TPSA) is 18.8 Å². The molecule has 0 unspecified atom stereocenters. The summed E-state index contributed by atoms with van der Waals surface area (Å²) in [6.45, 7) is 3.71. The molecule has 0 bridgehead atoms. The number of benzene rings is 1. The Balaban J connectivity index is 2.69. The van der Waals surface area contributed by atoms with Crippen LogP contribution >= 0.6 is 12.2 Å². The monoisotopic (exact) mass is 247 g/mol. The van der Waals surface area contributed by atoms with E-state index >= 15 is 0 Å². The SMILES string of the molecule is C=Cc1ccc(C=NN(C)C(=S)N(C)C)cc1. The third-order valence-electron chi connectivity index (χ3n) is 2.21. The standard InChI is InChI=1S/C13H17N3S/c1-5-11-6-8-12(9-7-11)10-14-16(4)13(17)15(2)3/h5-10H,1H2,2-4H3. The summed E-state index contributed by atoms with van der Waals surface area (Å²) in [5, 5.41) is 6.60. The van der Waals surface area contributed by atoms with Crippen molar-refractivity contribution in [2.75, 3.05) is 21.1 Å². The number of hydrogen-bond donors (Lipinski definition) is 0. The second kappa shape index (κ2) is 6.15. The first-order chi connectivity index (χ1) is 8.04. The zero-order valence-electron chi connectivity index (χ0n) is 10.4. The lowest BCUT2D eigenvalue weighted by Gasteiger charge is -2.20. The van der Waals surface area contributed by atoms with Crippen LogP contribution in [-0.2, 0) is 0 Å². The van der Waals surface area contributed by atoms with Gasteiger partial charge in [0.05, 0.1) is 6.21 Å². The molecule has 1 rings (SSSR count). The lowest BCUT2D eigenvalue weighted by Crippen LogP contribution is -2.32. The van der Waals surface area contributed by atoms with Crippen LogP contribution in [0, 0.1) is 0 Å². The van der Waals surface area contributed by atoms with Crippen LogP contribution in [0.5, 0.6) is 0 Å². The molecule has 3 nitrogen and oxygen atoms in total. The fraction of sp³-hybridized carbons (Fsp3) is 0.231. The van der Waals surface area contributed by atoms with E-state index in [4.69, 9.17) is 12.2 Å². The highest BCUT2D eigenvalue weighted by molar-refractivity contribution is 7.80. The van der Waals surface area contributed by atoms with E-state index in [0.717, 1.165) is 11.1 Å². The van der Waals surface area contributed by atoms with Gasteiger partial charge in [-0.2, -0.15) is 5.10 Å². The van der Waals surface area contributed by atoms with Gasteiger partial charge in [0.15, 0.2) is 5.11 Å². The zero-order chi connectivity index (χ0) is 12.8. The Hall–Kier alpha value is -1.68. The van der Waals surface area contributed by atoms with Gasteiger partial charge >= 0.3 is 0 Å². The summed E-state index contributed by atoms with van der Waals surface area (Å²) in [4.78, 5) is 1.84. The van der Waals surface area contributed by atoms with E-state index in [-0.39, 0.29) is 0 Å². The second-order valence-electron chi connectivity index (χ2n) is 3.82. The Morgan fingerprint density at radius 3 is 2.18 bits per heavy atom. The van der Waals surface area contributed by atoms with Crippen molar-refractivity contribution in [3.05, 3.63) is 42.0 Å². The molecule has 17 heavy (non-hydrogen) atoms. The smallest absolute Gasteiger partial charge is 0.191 e. The first-order valence-electron chi connectivity index (χ1n) is 5.26. The van der Waals surface area contributed by atoms with Gasteiger partial charge in [-0.05, 0) is 23.3 Å². The first kappa shape index (κ1) is 13.4. The Bertz CT molecular complexity index is 421. The average molecular weight is 247 g/mol. The Morgan fingerprint density at radius 1 is 1.18 bits per heavy atom. The first-order valence-corrected chi connectivity index (χ1v) is 5.67. The van der Waals surface area contributed by atoms with E-state index in [2.05, 4.69) is 11.7 Å². The van der Waals surface area contributed by atoms with Gasteiger partial charge < -0.3 is 4.90 Å². The predicted molar refractivity (Wildman–Crippen MR) is 78.2 cm³/mol. The van der Waals surface area contributed by atoms with Gasteiger partial charge in [-0.1, -0.05) is 36.9 Å². The van der Waals surface area contributed by atoms with Crippen LogP contribution in [0.1, 0.15) is 11.1 Å². The van der Waals surface area contributed by atoms with Crippen molar-refractivity contribution in [1.29, 1.82) is 0 Å². The fourth-order valence-corrected chi connectivity index (χ4v) is 1.26. The van der Waals surface area contributed by atoms with E-state index in [0.29, 0.717) is 5.11 Å². The van der Waals surface area contributed by atoms with Crippen molar-refractivity contribution in [3.8, 4) is 0 Å². The van der Waals surface area contributed by atoms with Gasteiger partial charge in [-0.3, -0.25) is 0 Å². The van der Waals surface area contributed by atoms with Gasteiger partial charge in [0.1, 0.15) is 0 Å². The minimum atomic E-state index is 0.670. The average Bonchev–Trinajstić information content (AvgIpc) is 2.35. The fourth-order valence-electron chi connectivity index (χ4n) is 1.21. The minimum absolute atomic E-state index is 0.670. The molecule has 1 aromatic rings. The highest BCUT2D eigenvalue weighted by atomic mass is 32.1. The number of hydrogen-bond acceptors (Lipinski definition) is 2. The number of nitrogens with zero attached hydrogens (tertiary/aromatic N) is 3. The zero-order valence-corrected chi connectivity index (χ0v) is 11.2. The van der Waals surface area contributed by atoms with Gasteiger partial charge in [0.2, 0.25) is 0 Å². The lowest BCUT2D eigenvalue weighted by atomic mass is 10.1. The Morgan fingerprint density at radius 2 is 1.71 bits per heavy atom. The van der Waals surface area contributed by atoms with Gasteiger partial charge in [0, 0.05) is 21.1 Å². The summed E-state index contributed by atoms with van der Waals surface area (Å²) >= 11 is 5.18. The quantitative estimate of drug-likeness (QED) is 0.464. The normalized spacial score (nSPS) is 10.3. The molecule has 0 aliphatic rings. The lowest BCUT2D eigenvalue weighted by molar-refractivity contribution is 0.462.